The molecule has 1 saturated heterocycles. The summed E-state index contributed by atoms with van der Waals surface area (Å²) in [5.41, 5.74) is -0.347. The Kier molecular flexibility index (Phi) is 13.7. The number of carbonyl (C=O) groups excluding carboxylic acids is 3. The Balaban J connectivity index is 0. The van der Waals surface area contributed by atoms with Crippen molar-refractivity contribution >= 4 is 26.0 Å². The first-order valence-electron chi connectivity index (χ1n) is 10.9. The lowest BCUT2D eigenvalue weighted by Crippen LogP contribution is -2.27. The van der Waals surface area contributed by atoms with Crippen LogP contribution in [0.15, 0.2) is 0 Å². The molecular weight excluding hydrogens is 384 g/mol. The zero-order chi connectivity index (χ0) is 23.6. The van der Waals surface area contributed by atoms with Crippen molar-refractivity contribution in [2.24, 2.45) is 23.7 Å². The summed E-state index contributed by atoms with van der Waals surface area (Å²) in [5.74, 6) is -0.416. The van der Waals surface area contributed by atoms with Gasteiger partial charge in [0.05, 0.1) is 17.8 Å². The lowest BCUT2D eigenvalue weighted by Gasteiger charge is -2.21. The van der Waals surface area contributed by atoms with Gasteiger partial charge in [-0.25, -0.2) is 0 Å². The SMILES string of the molecule is CC1C(=O)OC(=O)C1C.CCC(C)C(=O)OC(C)(C)C.CCC(C)C[Si](C)(C)C. The zero-order valence-corrected chi connectivity index (χ0v) is 22.0. The Morgan fingerprint density at radius 2 is 1.41 bits per heavy atom. The van der Waals surface area contributed by atoms with Crippen molar-refractivity contribution < 1.29 is 23.9 Å². The van der Waals surface area contributed by atoms with Crippen LogP contribution in [0.1, 0.15) is 75.2 Å². The van der Waals surface area contributed by atoms with Crippen molar-refractivity contribution in [1.82, 2.24) is 0 Å². The molecule has 0 aromatic carbocycles. The van der Waals surface area contributed by atoms with E-state index in [2.05, 4.69) is 38.2 Å². The highest BCUT2D eigenvalue weighted by Crippen LogP contribution is 2.21. The fraction of sp³-hybridized carbons (Fsp3) is 0.870. The molecule has 1 fully saturated rings. The van der Waals surface area contributed by atoms with Crippen LogP contribution in [0.5, 0.6) is 0 Å². The maximum absolute atomic E-state index is 11.2. The van der Waals surface area contributed by atoms with Gasteiger partial charge in [-0.2, -0.15) is 0 Å². The van der Waals surface area contributed by atoms with Crippen LogP contribution in [-0.2, 0) is 23.9 Å². The molecule has 0 bridgehead atoms. The normalized spacial score (nSPS) is 21.1. The fourth-order valence-electron chi connectivity index (χ4n) is 2.45. The van der Waals surface area contributed by atoms with Gasteiger partial charge in [-0.3, -0.25) is 14.4 Å². The second-order valence-electron chi connectivity index (χ2n) is 10.4. The number of rotatable bonds is 5. The maximum atomic E-state index is 11.2. The summed E-state index contributed by atoms with van der Waals surface area (Å²) in [6, 6.07) is 1.49. The number of ether oxygens (including phenoxy) is 2. The van der Waals surface area contributed by atoms with Gasteiger partial charge in [-0.15, -0.1) is 0 Å². The molecule has 6 heteroatoms. The van der Waals surface area contributed by atoms with Crippen LogP contribution < -0.4 is 0 Å². The summed E-state index contributed by atoms with van der Waals surface area (Å²) in [5, 5.41) is 0. The van der Waals surface area contributed by atoms with Gasteiger partial charge in [0.2, 0.25) is 0 Å². The number of hydrogen-bond acceptors (Lipinski definition) is 5. The van der Waals surface area contributed by atoms with Crippen molar-refractivity contribution in [2.75, 3.05) is 0 Å². The molecule has 1 aliphatic rings. The third-order valence-electron chi connectivity index (χ3n) is 4.77. The maximum Gasteiger partial charge on any atom is 0.317 e. The predicted octanol–water partition coefficient (Wildman–Crippen LogP) is 6.09. The van der Waals surface area contributed by atoms with E-state index in [-0.39, 0.29) is 29.3 Å². The Hall–Kier alpha value is -1.17. The molecule has 1 rings (SSSR count). The third-order valence-corrected chi connectivity index (χ3v) is 6.70. The first-order valence-corrected chi connectivity index (χ1v) is 14.6. The van der Waals surface area contributed by atoms with Gasteiger partial charge in [0.25, 0.3) is 0 Å². The molecule has 0 aromatic rings. The largest absolute Gasteiger partial charge is 0.460 e. The molecule has 0 aliphatic carbocycles. The minimum Gasteiger partial charge on any atom is -0.460 e. The molecule has 5 nitrogen and oxygen atoms in total. The number of cyclic esters (lactones) is 2. The number of esters is 3. The molecular formula is C23H46O5Si. The van der Waals surface area contributed by atoms with E-state index in [9.17, 15) is 14.4 Å². The van der Waals surface area contributed by atoms with Gasteiger partial charge in [0.15, 0.2) is 0 Å². The van der Waals surface area contributed by atoms with Crippen LogP contribution in [0.2, 0.25) is 25.7 Å². The summed E-state index contributed by atoms with van der Waals surface area (Å²) < 4.78 is 9.46. The van der Waals surface area contributed by atoms with Gasteiger partial charge < -0.3 is 9.47 Å². The molecule has 4 atom stereocenters. The molecule has 0 aromatic heterocycles. The minimum absolute atomic E-state index is 0.0224. The second kappa shape index (κ2) is 13.2. The fourth-order valence-corrected chi connectivity index (χ4v) is 4.83. The molecule has 0 saturated carbocycles. The molecule has 4 unspecified atom stereocenters. The molecule has 29 heavy (non-hydrogen) atoms. The van der Waals surface area contributed by atoms with E-state index in [1.807, 2.05) is 34.6 Å². The second-order valence-corrected chi connectivity index (χ2v) is 16.0. The van der Waals surface area contributed by atoms with E-state index in [1.165, 1.54) is 12.5 Å². The van der Waals surface area contributed by atoms with E-state index < -0.39 is 20.0 Å². The lowest BCUT2D eigenvalue weighted by molar-refractivity contribution is -0.159. The molecule has 1 aliphatic heterocycles. The van der Waals surface area contributed by atoms with E-state index in [1.54, 1.807) is 13.8 Å². The van der Waals surface area contributed by atoms with Crippen LogP contribution in [-0.4, -0.2) is 31.6 Å². The predicted molar refractivity (Wildman–Crippen MR) is 122 cm³/mol. The highest BCUT2D eigenvalue weighted by Gasteiger charge is 2.37. The molecule has 1 heterocycles. The van der Waals surface area contributed by atoms with Crippen LogP contribution >= 0.6 is 0 Å². The minimum atomic E-state index is -0.741. The average Bonchev–Trinajstić information content (AvgIpc) is 2.78. The first-order chi connectivity index (χ1) is 12.9. The molecule has 0 spiro atoms. The Morgan fingerprint density at radius 1 is 1.00 bits per heavy atom. The topological polar surface area (TPSA) is 69.7 Å². The molecule has 0 radical (unpaired) electrons. The van der Waals surface area contributed by atoms with E-state index in [4.69, 9.17) is 4.74 Å². The standard InChI is InChI=1S/C9H18O2.C8H20Si.C6H8O3/c1-6-7(2)8(10)11-9(3,4)5;1-6-8(2)7-9(3,4)5;1-3-4(2)6(8)9-5(3)7/h7H,6H2,1-5H3;8H,6-7H2,1-5H3;3-4H,1-2H3. The smallest absolute Gasteiger partial charge is 0.317 e. The van der Waals surface area contributed by atoms with E-state index in [0.29, 0.717) is 0 Å². The highest BCUT2D eigenvalue weighted by atomic mass is 28.3. The van der Waals surface area contributed by atoms with Crippen molar-refractivity contribution in [3.8, 4) is 0 Å². The lowest BCUT2D eigenvalue weighted by atomic mass is 10.00. The summed E-state index contributed by atoms with van der Waals surface area (Å²) >= 11 is 0. The Morgan fingerprint density at radius 3 is 1.59 bits per heavy atom. The van der Waals surface area contributed by atoms with E-state index >= 15 is 0 Å². The average molecular weight is 431 g/mol. The summed E-state index contributed by atoms with van der Waals surface area (Å²) in [4.78, 5) is 32.3. The van der Waals surface area contributed by atoms with Crippen molar-refractivity contribution in [2.45, 2.75) is 106 Å². The van der Waals surface area contributed by atoms with Crippen LogP contribution in [0.25, 0.3) is 0 Å². The van der Waals surface area contributed by atoms with Crippen molar-refractivity contribution in [3.63, 3.8) is 0 Å². The molecule has 0 N–H and O–H groups in total. The third kappa shape index (κ3) is 15.3. The highest BCUT2D eigenvalue weighted by molar-refractivity contribution is 6.76. The van der Waals surface area contributed by atoms with Gasteiger partial charge in [-0.05, 0) is 33.1 Å². The number of hydrogen-bond donors (Lipinski definition) is 0. The zero-order valence-electron chi connectivity index (χ0n) is 21.0. The Bertz CT molecular complexity index is 498. The van der Waals surface area contributed by atoms with E-state index in [0.717, 1.165) is 12.3 Å². The van der Waals surface area contributed by atoms with Crippen molar-refractivity contribution in [1.29, 1.82) is 0 Å². The van der Waals surface area contributed by atoms with Gasteiger partial charge >= 0.3 is 17.9 Å². The summed E-state index contributed by atoms with van der Waals surface area (Å²) in [6.45, 7) is 24.9. The van der Waals surface area contributed by atoms with Gasteiger partial charge in [-0.1, -0.05) is 73.6 Å². The number of carbonyl (C=O) groups is 3. The van der Waals surface area contributed by atoms with Gasteiger partial charge in [0.1, 0.15) is 5.60 Å². The Labute approximate surface area is 180 Å². The monoisotopic (exact) mass is 430 g/mol. The first kappa shape index (κ1) is 30.0. The summed E-state index contributed by atoms with van der Waals surface area (Å²) in [7, 11) is -0.741. The van der Waals surface area contributed by atoms with Crippen LogP contribution in [0.4, 0.5) is 0 Å². The quantitative estimate of drug-likeness (QED) is 0.300. The molecule has 0 amide bonds. The van der Waals surface area contributed by atoms with Gasteiger partial charge in [0, 0.05) is 8.07 Å². The summed E-state index contributed by atoms with van der Waals surface area (Å²) in [6.07, 6.45) is 2.19. The molecule has 172 valence electrons. The van der Waals surface area contributed by atoms with Crippen molar-refractivity contribution in [3.05, 3.63) is 0 Å². The van der Waals surface area contributed by atoms with Crippen LogP contribution in [0.3, 0.4) is 0 Å². The van der Waals surface area contributed by atoms with Crippen LogP contribution in [0, 0.1) is 23.7 Å².